The summed E-state index contributed by atoms with van der Waals surface area (Å²) in [7, 11) is 0. The minimum Gasteiger partial charge on any atom is -0.306 e. The van der Waals surface area contributed by atoms with Gasteiger partial charge in [-0.25, -0.2) is 4.98 Å². The molecule has 0 amide bonds. The Morgan fingerprint density at radius 1 is 1.30 bits per heavy atom. The quantitative estimate of drug-likeness (QED) is 0.896. The Balaban J connectivity index is 1.81. The van der Waals surface area contributed by atoms with Crippen LogP contribution in [0.15, 0.2) is 0 Å². The van der Waals surface area contributed by atoms with Gasteiger partial charge in [0.1, 0.15) is 5.01 Å². The van der Waals surface area contributed by atoms with Crippen molar-refractivity contribution in [2.75, 3.05) is 6.54 Å². The van der Waals surface area contributed by atoms with E-state index in [9.17, 15) is 0 Å². The maximum absolute atomic E-state index is 5.03. The van der Waals surface area contributed by atoms with Crippen molar-refractivity contribution in [2.24, 2.45) is 11.8 Å². The van der Waals surface area contributed by atoms with Gasteiger partial charge in [-0.3, -0.25) is 0 Å². The van der Waals surface area contributed by atoms with E-state index in [2.05, 4.69) is 26.1 Å². The number of fused-ring (bicyclic) bond motifs is 1. The van der Waals surface area contributed by atoms with E-state index < -0.39 is 0 Å². The number of hydrogen-bond acceptors (Lipinski definition) is 3. The summed E-state index contributed by atoms with van der Waals surface area (Å²) in [6.45, 7) is 8.04. The molecule has 0 aromatic carbocycles. The molecule has 0 atom stereocenters. The Bertz CT molecular complexity index is 434. The summed E-state index contributed by atoms with van der Waals surface area (Å²) in [5, 5.41) is 5.21. The number of thiazole rings is 1. The van der Waals surface area contributed by atoms with Crippen LogP contribution in [-0.2, 0) is 18.4 Å². The van der Waals surface area contributed by atoms with E-state index in [0.717, 1.165) is 18.4 Å². The molecule has 0 spiro atoms. The van der Waals surface area contributed by atoms with Crippen LogP contribution in [0.4, 0.5) is 0 Å². The summed E-state index contributed by atoms with van der Waals surface area (Å²) in [5.41, 5.74) is 1.60. The summed E-state index contributed by atoms with van der Waals surface area (Å²) in [6.07, 6.45) is 9.06. The predicted molar refractivity (Wildman–Crippen MR) is 86.3 cm³/mol. The molecule has 2 aliphatic rings. The van der Waals surface area contributed by atoms with Crippen LogP contribution < -0.4 is 5.32 Å². The molecule has 1 aromatic heterocycles. The van der Waals surface area contributed by atoms with E-state index in [0.29, 0.717) is 0 Å². The average molecular weight is 292 g/mol. The van der Waals surface area contributed by atoms with E-state index in [1.54, 1.807) is 4.88 Å². The molecule has 1 N–H and O–H groups in total. The lowest BCUT2D eigenvalue weighted by molar-refractivity contribution is 0.162. The third-order valence-electron chi connectivity index (χ3n) is 5.35. The van der Waals surface area contributed by atoms with Gasteiger partial charge < -0.3 is 5.32 Å². The van der Waals surface area contributed by atoms with Crippen molar-refractivity contribution in [3.05, 3.63) is 15.6 Å². The molecule has 3 heteroatoms. The molecule has 1 fully saturated rings. The summed E-state index contributed by atoms with van der Waals surface area (Å²) < 4.78 is 0. The molecule has 2 nitrogen and oxygen atoms in total. The molecule has 1 heterocycles. The zero-order valence-corrected chi connectivity index (χ0v) is 14.0. The van der Waals surface area contributed by atoms with Crippen LogP contribution in [0.2, 0.25) is 0 Å². The number of rotatable bonds is 4. The summed E-state index contributed by atoms with van der Waals surface area (Å²) >= 11 is 2.00. The number of nitrogens with one attached hydrogen (secondary N) is 1. The molecule has 0 bridgehead atoms. The van der Waals surface area contributed by atoms with E-state index in [1.165, 1.54) is 55.6 Å². The van der Waals surface area contributed by atoms with Gasteiger partial charge in [0.25, 0.3) is 0 Å². The zero-order valence-electron chi connectivity index (χ0n) is 13.2. The first kappa shape index (κ1) is 14.5. The van der Waals surface area contributed by atoms with Gasteiger partial charge in [0.2, 0.25) is 0 Å². The Morgan fingerprint density at radius 3 is 2.65 bits per heavy atom. The van der Waals surface area contributed by atoms with Gasteiger partial charge in [-0.15, -0.1) is 11.3 Å². The standard InChI is InChI=1S/C17H28N2S/c1-4-18-17(10-8-13(9-11-17)12(2)3)16-19-14-6-5-7-15(14)20-16/h12-13,18H,4-11H2,1-3H3. The third-order valence-corrected chi connectivity index (χ3v) is 6.71. The fraction of sp³-hybridized carbons (Fsp3) is 0.824. The molecule has 1 saturated carbocycles. The van der Waals surface area contributed by atoms with E-state index >= 15 is 0 Å². The highest BCUT2D eigenvalue weighted by Gasteiger charge is 2.40. The molecular weight excluding hydrogens is 264 g/mol. The molecule has 0 radical (unpaired) electrons. The van der Waals surface area contributed by atoms with Crippen molar-refractivity contribution in [1.29, 1.82) is 0 Å². The summed E-state index contributed by atoms with van der Waals surface area (Å²) in [4.78, 5) is 6.60. The second-order valence-corrected chi connectivity index (χ2v) is 8.02. The van der Waals surface area contributed by atoms with Gasteiger partial charge in [0, 0.05) is 4.88 Å². The number of nitrogens with zero attached hydrogens (tertiary/aromatic N) is 1. The molecule has 1 aromatic rings. The normalized spacial score (nSPS) is 29.9. The molecule has 2 aliphatic carbocycles. The summed E-state index contributed by atoms with van der Waals surface area (Å²) in [6, 6.07) is 0. The van der Waals surface area contributed by atoms with Crippen molar-refractivity contribution < 1.29 is 0 Å². The molecule has 0 saturated heterocycles. The second-order valence-electron chi connectivity index (χ2n) is 6.94. The van der Waals surface area contributed by atoms with E-state index in [1.807, 2.05) is 11.3 Å². The molecule has 20 heavy (non-hydrogen) atoms. The van der Waals surface area contributed by atoms with Gasteiger partial charge >= 0.3 is 0 Å². The number of aromatic nitrogens is 1. The van der Waals surface area contributed by atoms with Gasteiger partial charge in [0.05, 0.1) is 11.2 Å². The van der Waals surface area contributed by atoms with Crippen LogP contribution in [0.3, 0.4) is 0 Å². The van der Waals surface area contributed by atoms with Crippen molar-refractivity contribution in [2.45, 2.75) is 71.3 Å². The van der Waals surface area contributed by atoms with Crippen molar-refractivity contribution in [3.63, 3.8) is 0 Å². The fourth-order valence-electron chi connectivity index (χ4n) is 4.00. The largest absolute Gasteiger partial charge is 0.306 e. The van der Waals surface area contributed by atoms with Crippen LogP contribution in [-0.4, -0.2) is 11.5 Å². The lowest BCUT2D eigenvalue weighted by Gasteiger charge is -2.40. The molecular formula is C17H28N2S. The predicted octanol–water partition coefficient (Wildman–Crippen LogP) is 4.28. The smallest absolute Gasteiger partial charge is 0.113 e. The zero-order chi connectivity index (χ0) is 14.2. The van der Waals surface area contributed by atoms with Crippen molar-refractivity contribution in [3.8, 4) is 0 Å². The third kappa shape index (κ3) is 2.55. The number of hydrogen-bond donors (Lipinski definition) is 1. The van der Waals surface area contributed by atoms with Crippen LogP contribution in [0.5, 0.6) is 0 Å². The van der Waals surface area contributed by atoms with Gasteiger partial charge in [0.15, 0.2) is 0 Å². The lowest BCUT2D eigenvalue weighted by atomic mass is 9.73. The van der Waals surface area contributed by atoms with Gasteiger partial charge in [-0.05, 0) is 63.3 Å². The highest BCUT2D eigenvalue weighted by molar-refractivity contribution is 7.12. The van der Waals surface area contributed by atoms with Gasteiger partial charge in [-0.2, -0.15) is 0 Å². The fourth-order valence-corrected chi connectivity index (χ4v) is 5.37. The lowest BCUT2D eigenvalue weighted by Crippen LogP contribution is -2.45. The molecule has 0 unspecified atom stereocenters. The first-order valence-electron chi connectivity index (χ1n) is 8.38. The Labute approximate surface area is 127 Å². The SMILES string of the molecule is CCNC1(c2nc3c(s2)CCC3)CCC(C(C)C)CC1. The van der Waals surface area contributed by atoms with Crippen molar-refractivity contribution >= 4 is 11.3 Å². The first-order chi connectivity index (χ1) is 9.64. The van der Waals surface area contributed by atoms with E-state index in [4.69, 9.17) is 4.98 Å². The Morgan fingerprint density at radius 2 is 2.05 bits per heavy atom. The highest BCUT2D eigenvalue weighted by Crippen LogP contribution is 2.44. The Kier molecular flexibility index (Phi) is 4.19. The maximum Gasteiger partial charge on any atom is 0.113 e. The maximum atomic E-state index is 5.03. The molecule has 0 aliphatic heterocycles. The topological polar surface area (TPSA) is 24.9 Å². The van der Waals surface area contributed by atoms with Gasteiger partial charge in [-0.1, -0.05) is 20.8 Å². The van der Waals surface area contributed by atoms with Crippen LogP contribution >= 0.6 is 11.3 Å². The minimum atomic E-state index is 0.190. The van der Waals surface area contributed by atoms with Crippen LogP contribution in [0.1, 0.15) is 68.5 Å². The molecule has 3 rings (SSSR count). The van der Waals surface area contributed by atoms with Crippen LogP contribution in [0.25, 0.3) is 0 Å². The highest BCUT2D eigenvalue weighted by atomic mass is 32.1. The van der Waals surface area contributed by atoms with Crippen LogP contribution in [0, 0.1) is 11.8 Å². The van der Waals surface area contributed by atoms with E-state index in [-0.39, 0.29) is 5.54 Å². The monoisotopic (exact) mass is 292 g/mol. The van der Waals surface area contributed by atoms with Crippen molar-refractivity contribution in [1.82, 2.24) is 10.3 Å². The first-order valence-corrected chi connectivity index (χ1v) is 9.20. The second kappa shape index (κ2) is 5.76. The minimum absolute atomic E-state index is 0.190. The molecule has 112 valence electrons. The Hall–Kier alpha value is -0.410. The summed E-state index contributed by atoms with van der Waals surface area (Å²) in [5.74, 6) is 1.74. The number of aryl methyl sites for hydroxylation is 2. The average Bonchev–Trinajstić information content (AvgIpc) is 3.00.